The van der Waals surface area contributed by atoms with Crippen LogP contribution in [-0.4, -0.2) is 20.2 Å². The second-order valence-electron chi connectivity index (χ2n) is 2.78. The summed E-state index contributed by atoms with van der Waals surface area (Å²) in [7, 11) is 0. The molecule has 15 heavy (non-hydrogen) atoms. The molecule has 0 aromatic carbocycles. The molecule has 2 aromatic heterocycles. The lowest BCUT2D eigenvalue weighted by Gasteiger charge is -2.00. The zero-order valence-electron chi connectivity index (χ0n) is 7.27. The summed E-state index contributed by atoms with van der Waals surface area (Å²) in [5.74, 6) is 0.340. The van der Waals surface area contributed by atoms with Crippen molar-refractivity contribution in [2.75, 3.05) is 0 Å². The fourth-order valence-corrected chi connectivity index (χ4v) is 1.02. The van der Waals surface area contributed by atoms with Gasteiger partial charge in [-0.2, -0.15) is 18.3 Å². The van der Waals surface area contributed by atoms with Crippen LogP contribution in [0.25, 0.3) is 0 Å². The van der Waals surface area contributed by atoms with E-state index in [4.69, 9.17) is 0 Å². The number of halogens is 3. The van der Waals surface area contributed by atoms with Crippen molar-refractivity contribution in [1.82, 2.24) is 20.2 Å². The summed E-state index contributed by atoms with van der Waals surface area (Å²) >= 11 is 0. The van der Waals surface area contributed by atoms with Gasteiger partial charge in [-0.1, -0.05) is 0 Å². The first-order chi connectivity index (χ1) is 7.05. The molecule has 0 fully saturated rings. The van der Waals surface area contributed by atoms with E-state index in [1.54, 1.807) is 0 Å². The highest BCUT2D eigenvalue weighted by Gasteiger charge is 2.33. The van der Waals surface area contributed by atoms with Crippen molar-refractivity contribution in [1.29, 1.82) is 0 Å². The van der Waals surface area contributed by atoms with Gasteiger partial charge in [-0.15, -0.1) is 5.10 Å². The quantitative estimate of drug-likeness (QED) is 0.763. The van der Waals surface area contributed by atoms with Gasteiger partial charge in [0.05, 0.1) is 6.20 Å². The molecule has 5 nitrogen and oxygen atoms in total. The van der Waals surface area contributed by atoms with E-state index in [2.05, 4.69) is 20.0 Å². The third-order valence-corrected chi connectivity index (χ3v) is 1.66. The van der Waals surface area contributed by atoms with E-state index < -0.39 is 11.9 Å². The predicted molar refractivity (Wildman–Crippen MR) is 40.6 cm³/mol. The van der Waals surface area contributed by atoms with Crippen LogP contribution < -0.4 is 0 Å². The Labute approximate surface area is 81.5 Å². The summed E-state index contributed by atoms with van der Waals surface area (Å²) in [6.07, 6.45) is -1.90. The van der Waals surface area contributed by atoms with Crippen molar-refractivity contribution >= 4 is 0 Å². The molecule has 2 heterocycles. The molecule has 0 radical (unpaired) electrons. The summed E-state index contributed by atoms with van der Waals surface area (Å²) in [5, 5.41) is 9.91. The predicted octanol–water partition coefficient (Wildman–Crippen LogP) is 1.33. The lowest BCUT2D eigenvalue weighted by atomic mass is 10.4. The van der Waals surface area contributed by atoms with E-state index in [1.807, 2.05) is 0 Å². The third-order valence-electron chi connectivity index (χ3n) is 1.66. The largest absolute Gasteiger partial charge is 0.435 e. The van der Waals surface area contributed by atoms with Crippen LogP contribution in [0, 0.1) is 0 Å². The number of hydrogen-bond donors (Lipinski definition) is 0. The molecule has 0 atom stereocenters. The van der Waals surface area contributed by atoms with Crippen LogP contribution in [-0.2, 0) is 12.7 Å². The van der Waals surface area contributed by atoms with Gasteiger partial charge in [0.25, 0.3) is 0 Å². The molecule has 0 aliphatic carbocycles. The summed E-state index contributed by atoms with van der Waals surface area (Å²) in [4.78, 5) is 0. The van der Waals surface area contributed by atoms with E-state index in [-0.39, 0.29) is 6.54 Å². The molecule has 0 N–H and O–H groups in total. The lowest BCUT2D eigenvalue weighted by Crippen LogP contribution is -2.08. The smallest absolute Gasteiger partial charge is 0.340 e. The standard InChI is InChI=1S/C7H5F3N4O/c8-7(9,10)6-1-2-14(12-6)4-5-3-11-13-15-5/h1-3H,4H2. The molecule has 0 saturated heterocycles. The maximum absolute atomic E-state index is 12.2. The fraction of sp³-hybridized carbons (Fsp3) is 0.286. The average Bonchev–Trinajstić information content (AvgIpc) is 2.73. The molecule has 80 valence electrons. The van der Waals surface area contributed by atoms with Gasteiger partial charge < -0.3 is 4.52 Å². The number of alkyl halides is 3. The minimum absolute atomic E-state index is 0.0725. The highest BCUT2D eigenvalue weighted by atomic mass is 19.4. The number of aromatic nitrogens is 4. The highest BCUT2D eigenvalue weighted by molar-refractivity contribution is 5.04. The Morgan fingerprint density at radius 1 is 1.40 bits per heavy atom. The molecule has 0 unspecified atom stereocenters. The van der Waals surface area contributed by atoms with Crippen LogP contribution in [0.4, 0.5) is 13.2 Å². The Kier molecular flexibility index (Phi) is 2.18. The third kappa shape index (κ3) is 2.14. The van der Waals surface area contributed by atoms with E-state index in [0.29, 0.717) is 5.76 Å². The Morgan fingerprint density at radius 2 is 2.20 bits per heavy atom. The topological polar surface area (TPSA) is 56.7 Å². The summed E-state index contributed by atoms with van der Waals surface area (Å²) in [5.41, 5.74) is -0.935. The van der Waals surface area contributed by atoms with E-state index in [1.165, 1.54) is 12.4 Å². The first kappa shape index (κ1) is 9.69. The van der Waals surface area contributed by atoms with Gasteiger partial charge >= 0.3 is 6.18 Å². The molecular weight excluding hydrogens is 213 g/mol. The summed E-state index contributed by atoms with van der Waals surface area (Å²) in [6, 6.07) is 0.893. The average molecular weight is 218 g/mol. The fourth-order valence-electron chi connectivity index (χ4n) is 1.02. The van der Waals surface area contributed by atoms with E-state index >= 15 is 0 Å². The summed E-state index contributed by atoms with van der Waals surface area (Å²) in [6.45, 7) is 0.0725. The van der Waals surface area contributed by atoms with Gasteiger partial charge in [-0.3, -0.25) is 4.68 Å². The van der Waals surface area contributed by atoms with Crippen LogP contribution in [0.2, 0.25) is 0 Å². The molecule has 0 saturated carbocycles. The van der Waals surface area contributed by atoms with Gasteiger partial charge in [-0.05, 0) is 6.07 Å². The van der Waals surface area contributed by atoms with E-state index in [9.17, 15) is 13.2 Å². The van der Waals surface area contributed by atoms with Crippen molar-refractivity contribution in [3.63, 3.8) is 0 Å². The van der Waals surface area contributed by atoms with Gasteiger partial charge in [0, 0.05) is 11.5 Å². The van der Waals surface area contributed by atoms with Crippen molar-refractivity contribution in [2.24, 2.45) is 0 Å². The second kappa shape index (κ2) is 3.37. The molecule has 0 aliphatic heterocycles. The molecule has 0 spiro atoms. The normalized spacial score (nSPS) is 11.9. The molecule has 2 rings (SSSR count). The minimum atomic E-state index is -4.43. The van der Waals surface area contributed by atoms with Gasteiger partial charge in [0.1, 0.15) is 6.54 Å². The highest BCUT2D eigenvalue weighted by Crippen LogP contribution is 2.27. The molecule has 0 amide bonds. The van der Waals surface area contributed by atoms with Crippen LogP contribution in [0.5, 0.6) is 0 Å². The second-order valence-corrected chi connectivity index (χ2v) is 2.78. The molecule has 0 aliphatic rings. The Balaban J connectivity index is 2.15. The maximum atomic E-state index is 12.2. The molecule has 0 bridgehead atoms. The Hall–Kier alpha value is -1.86. The van der Waals surface area contributed by atoms with Crippen LogP contribution in [0.3, 0.4) is 0 Å². The lowest BCUT2D eigenvalue weighted by molar-refractivity contribution is -0.141. The monoisotopic (exact) mass is 218 g/mol. The van der Waals surface area contributed by atoms with Gasteiger partial charge in [-0.25, -0.2) is 0 Å². The van der Waals surface area contributed by atoms with Crippen LogP contribution >= 0.6 is 0 Å². The Morgan fingerprint density at radius 3 is 2.73 bits per heavy atom. The number of rotatable bonds is 2. The van der Waals surface area contributed by atoms with Crippen molar-refractivity contribution < 1.29 is 17.7 Å². The van der Waals surface area contributed by atoms with Crippen molar-refractivity contribution in [3.05, 3.63) is 29.9 Å². The van der Waals surface area contributed by atoms with Crippen molar-refractivity contribution in [3.8, 4) is 0 Å². The first-order valence-electron chi connectivity index (χ1n) is 3.92. The minimum Gasteiger partial charge on any atom is -0.340 e. The number of nitrogens with zero attached hydrogens (tertiary/aromatic N) is 4. The SMILES string of the molecule is FC(F)(F)c1ccn(Cc2cnno2)n1. The zero-order valence-corrected chi connectivity index (χ0v) is 7.27. The summed E-state index contributed by atoms with van der Waals surface area (Å²) < 4.78 is 42.2. The first-order valence-corrected chi connectivity index (χ1v) is 3.92. The number of hydrogen-bond acceptors (Lipinski definition) is 4. The van der Waals surface area contributed by atoms with Crippen LogP contribution in [0.1, 0.15) is 11.5 Å². The Bertz CT molecular complexity index is 433. The van der Waals surface area contributed by atoms with Crippen molar-refractivity contribution in [2.45, 2.75) is 12.7 Å². The molecule has 8 heteroatoms. The zero-order chi connectivity index (χ0) is 10.9. The maximum Gasteiger partial charge on any atom is 0.435 e. The van der Waals surface area contributed by atoms with E-state index in [0.717, 1.165) is 10.7 Å². The van der Waals surface area contributed by atoms with Gasteiger partial charge in [0.15, 0.2) is 11.5 Å². The van der Waals surface area contributed by atoms with Gasteiger partial charge in [0.2, 0.25) is 0 Å². The van der Waals surface area contributed by atoms with Crippen LogP contribution in [0.15, 0.2) is 23.0 Å². The molecule has 2 aromatic rings. The molecular formula is C7H5F3N4O.